The normalized spacial score (nSPS) is 12.4. The molecule has 0 radical (unpaired) electrons. The second kappa shape index (κ2) is 10.2. The van der Waals surface area contributed by atoms with Gasteiger partial charge in [0.25, 0.3) is 0 Å². The van der Waals surface area contributed by atoms with E-state index in [9.17, 15) is 0 Å². The minimum Gasteiger partial charge on any atom is -0.494 e. The van der Waals surface area contributed by atoms with Gasteiger partial charge in [-0.15, -0.1) is 0 Å². The quantitative estimate of drug-likeness (QED) is 0.440. The Bertz CT molecular complexity index is 449. The van der Waals surface area contributed by atoms with Gasteiger partial charge in [-0.1, -0.05) is 32.9 Å². The van der Waals surface area contributed by atoms with Gasteiger partial charge < -0.3 is 14.3 Å². The van der Waals surface area contributed by atoms with Crippen molar-refractivity contribution in [2.45, 2.75) is 71.0 Å². The standard InChI is InChI=1S/C20H36O3Si/c1-20(2,3)24(4,5)23-17-9-8-16-22-19-13-11-18(12-14-19)10-6-7-15-21/h11-14,21H,6-10,15-17H2,1-5H3. The Hall–Kier alpha value is -0.843. The zero-order valence-electron chi connectivity index (χ0n) is 16.2. The first-order chi connectivity index (χ1) is 11.3. The van der Waals surface area contributed by atoms with Crippen molar-refractivity contribution < 1.29 is 14.3 Å². The van der Waals surface area contributed by atoms with Gasteiger partial charge in [-0.25, -0.2) is 0 Å². The molecule has 4 heteroatoms. The Morgan fingerprint density at radius 3 is 2.12 bits per heavy atom. The van der Waals surface area contributed by atoms with Gasteiger partial charge in [0.15, 0.2) is 8.32 Å². The molecular formula is C20H36O3Si. The van der Waals surface area contributed by atoms with Gasteiger partial charge in [0.1, 0.15) is 5.75 Å². The summed E-state index contributed by atoms with van der Waals surface area (Å²) in [5.74, 6) is 0.936. The molecule has 0 spiro atoms. The Morgan fingerprint density at radius 2 is 1.54 bits per heavy atom. The van der Waals surface area contributed by atoms with Crippen LogP contribution in [-0.4, -0.2) is 33.2 Å². The van der Waals surface area contributed by atoms with Gasteiger partial charge in [0, 0.05) is 13.2 Å². The summed E-state index contributed by atoms with van der Waals surface area (Å²) in [5, 5.41) is 9.08. The summed E-state index contributed by atoms with van der Waals surface area (Å²) in [6, 6.07) is 8.32. The summed E-state index contributed by atoms with van der Waals surface area (Å²) in [6.07, 6.45) is 4.99. The molecule has 0 heterocycles. The Kier molecular flexibility index (Phi) is 9.02. The number of benzene rings is 1. The maximum absolute atomic E-state index is 8.80. The van der Waals surface area contributed by atoms with Crippen LogP contribution in [0.3, 0.4) is 0 Å². The molecule has 0 fully saturated rings. The van der Waals surface area contributed by atoms with E-state index in [1.165, 1.54) is 5.56 Å². The van der Waals surface area contributed by atoms with Crippen molar-refractivity contribution in [3.8, 4) is 5.75 Å². The predicted octanol–water partition coefficient (Wildman–Crippen LogP) is 5.18. The number of aryl methyl sites for hydroxylation is 1. The summed E-state index contributed by atoms with van der Waals surface area (Å²) in [4.78, 5) is 0. The number of rotatable bonds is 11. The van der Waals surface area contributed by atoms with Crippen molar-refractivity contribution in [2.24, 2.45) is 0 Å². The van der Waals surface area contributed by atoms with Crippen LogP contribution >= 0.6 is 0 Å². The lowest BCUT2D eigenvalue weighted by Crippen LogP contribution is -2.41. The van der Waals surface area contributed by atoms with Crippen LogP contribution in [0.15, 0.2) is 24.3 Å². The van der Waals surface area contributed by atoms with Crippen LogP contribution in [0.1, 0.15) is 52.0 Å². The first-order valence-electron chi connectivity index (χ1n) is 9.23. The number of hydrogen-bond acceptors (Lipinski definition) is 3. The number of aliphatic hydroxyl groups is 1. The maximum Gasteiger partial charge on any atom is 0.191 e. The van der Waals surface area contributed by atoms with Crippen LogP contribution in [0.2, 0.25) is 18.1 Å². The lowest BCUT2D eigenvalue weighted by Gasteiger charge is -2.36. The molecule has 0 bridgehead atoms. The number of unbranched alkanes of at least 4 members (excludes halogenated alkanes) is 2. The Balaban J connectivity index is 2.17. The summed E-state index contributed by atoms with van der Waals surface area (Å²) < 4.78 is 12.0. The second-order valence-electron chi connectivity index (χ2n) is 7.99. The Labute approximate surface area is 149 Å². The van der Waals surface area contributed by atoms with Crippen molar-refractivity contribution in [3.05, 3.63) is 29.8 Å². The van der Waals surface area contributed by atoms with E-state index in [4.69, 9.17) is 14.3 Å². The van der Waals surface area contributed by atoms with Crippen molar-refractivity contribution in [1.82, 2.24) is 0 Å². The molecule has 0 unspecified atom stereocenters. The number of hydrogen-bond donors (Lipinski definition) is 1. The minimum absolute atomic E-state index is 0.278. The highest BCUT2D eigenvalue weighted by Gasteiger charge is 2.36. The summed E-state index contributed by atoms with van der Waals surface area (Å²) in [7, 11) is -1.61. The molecule has 138 valence electrons. The smallest absolute Gasteiger partial charge is 0.191 e. The lowest BCUT2D eigenvalue weighted by molar-refractivity contribution is 0.252. The fraction of sp³-hybridized carbons (Fsp3) is 0.700. The highest BCUT2D eigenvalue weighted by molar-refractivity contribution is 6.74. The van der Waals surface area contributed by atoms with Gasteiger partial charge in [-0.3, -0.25) is 0 Å². The van der Waals surface area contributed by atoms with Crippen molar-refractivity contribution in [1.29, 1.82) is 0 Å². The first kappa shape index (κ1) is 21.2. The highest BCUT2D eigenvalue weighted by Crippen LogP contribution is 2.36. The fourth-order valence-electron chi connectivity index (χ4n) is 2.13. The van der Waals surface area contributed by atoms with Crippen LogP contribution in [0.5, 0.6) is 5.75 Å². The third kappa shape index (κ3) is 7.82. The van der Waals surface area contributed by atoms with E-state index >= 15 is 0 Å². The number of aliphatic hydroxyl groups excluding tert-OH is 1. The second-order valence-corrected chi connectivity index (χ2v) is 12.8. The molecule has 3 nitrogen and oxygen atoms in total. The average Bonchev–Trinajstić information content (AvgIpc) is 2.51. The summed E-state index contributed by atoms with van der Waals surface area (Å²) >= 11 is 0. The molecule has 0 atom stereocenters. The molecule has 1 aromatic rings. The predicted molar refractivity (Wildman–Crippen MR) is 104 cm³/mol. The zero-order chi connectivity index (χ0) is 18.1. The zero-order valence-corrected chi connectivity index (χ0v) is 17.2. The lowest BCUT2D eigenvalue weighted by atomic mass is 10.1. The van der Waals surface area contributed by atoms with E-state index in [0.29, 0.717) is 0 Å². The fourth-order valence-corrected chi connectivity index (χ4v) is 3.22. The van der Waals surface area contributed by atoms with Crippen LogP contribution in [0.25, 0.3) is 0 Å². The number of ether oxygens (including phenoxy) is 1. The third-order valence-electron chi connectivity index (χ3n) is 4.87. The molecular weight excluding hydrogens is 316 g/mol. The Morgan fingerprint density at radius 1 is 0.917 bits per heavy atom. The molecule has 0 aliphatic rings. The van der Waals surface area contributed by atoms with E-state index < -0.39 is 8.32 Å². The van der Waals surface area contributed by atoms with Crippen molar-refractivity contribution in [3.63, 3.8) is 0 Å². The molecule has 1 N–H and O–H groups in total. The van der Waals surface area contributed by atoms with Gasteiger partial charge in [-0.05, 0) is 67.9 Å². The van der Waals surface area contributed by atoms with E-state index in [2.05, 4.69) is 46.0 Å². The van der Waals surface area contributed by atoms with Gasteiger partial charge >= 0.3 is 0 Å². The van der Waals surface area contributed by atoms with Crippen LogP contribution in [0.4, 0.5) is 0 Å². The van der Waals surface area contributed by atoms with E-state index in [1.54, 1.807) is 0 Å². The van der Waals surface area contributed by atoms with Crippen LogP contribution in [-0.2, 0) is 10.8 Å². The molecule has 0 aliphatic carbocycles. The monoisotopic (exact) mass is 352 g/mol. The molecule has 0 saturated heterocycles. The average molecular weight is 353 g/mol. The molecule has 0 aromatic heterocycles. The SMILES string of the molecule is CC(C)(C)[Si](C)(C)OCCCCOc1ccc(CCCCO)cc1. The first-order valence-corrected chi connectivity index (χ1v) is 12.1. The minimum atomic E-state index is -1.61. The summed E-state index contributed by atoms with van der Waals surface area (Å²) in [5.41, 5.74) is 1.30. The van der Waals surface area contributed by atoms with Gasteiger partial charge in [0.2, 0.25) is 0 Å². The van der Waals surface area contributed by atoms with Crippen LogP contribution < -0.4 is 4.74 Å². The largest absolute Gasteiger partial charge is 0.494 e. The highest BCUT2D eigenvalue weighted by atomic mass is 28.4. The van der Waals surface area contributed by atoms with E-state index in [0.717, 1.165) is 51.1 Å². The topological polar surface area (TPSA) is 38.7 Å². The van der Waals surface area contributed by atoms with Gasteiger partial charge in [-0.2, -0.15) is 0 Å². The molecule has 1 rings (SSSR count). The maximum atomic E-state index is 8.80. The molecule has 0 amide bonds. The van der Waals surface area contributed by atoms with Gasteiger partial charge in [0.05, 0.1) is 6.61 Å². The molecule has 24 heavy (non-hydrogen) atoms. The van der Waals surface area contributed by atoms with Crippen molar-refractivity contribution in [2.75, 3.05) is 19.8 Å². The molecule has 0 saturated carbocycles. The third-order valence-corrected chi connectivity index (χ3v) is 9.41. The summed E-state index contributed by atoms with van der Waals surface area (Å²) in [6.45, 7) is 13.3. The molecule has 1 aromatic carbocycles. The molecule has 0 aliphatic heterocycles. The van der Waals surface area contributed by atoms with E-state index in [-0.39, 0.29) is 11.6 Å². The van der Waals surface area contributed by atoms with Crippen molar-refractivity contribution >= 4 is 8.32 Å². The van der Waals surface area contributed by atoms with E-state index in [1.807, 2.05) is 12.1 Å². The van der Waals surface area contributed by atoms with Crippen LogP contribution in [0, 0.1) is 0 Å².